The highest BCUT2D eigenvalue weighted by Crippen LogP contribution is 2.18. The molecule has 16 heavy (non-hydrogen) atoms. The van der Waals surface area contributed by atoms with E-state index in [1.807, 2.05) is 13.8 Å². The maximum Gasteiger partial charge on any atom is 0.163 e. The molecule has 0 aromatic heterocycles. The summed E-state index contributed by atoms with van der Waals surface area (Å²) in [6.45, 7) is 7.62. The predicted molar refractivity (Wildman–Crippen MR) is 70.2 cm³/mol. The van der Waals surface area contributed by atoms with Gasteiger partial charge in [0.15, 0.2) is 15.1 Å². The van der Waals surface area contributed by atoms with Crippen molar-refractivity contribution in [3.05, 3.63) is 0 Å². The molecule has 1 fully saturated rings. The van der Waals surface area contributed by atoms with Crippen molar-refractivity contribution in [2.75, 3.05) is 13.2 Å². The van der Waals surface area contributed by atoms with Gasteiger partial charge in [0.1, 0.15) is 0 Å². The van der Waals surface area contributed by atoms with E-state index in [4.69, 9.17) is 9.47 Å². The number of hydrogen-bond acceptors (Lipinski definition) is 3. The first-order valence-electron chi connectivity index (χ1n) is 6.71. The van der Waals surface area contributed by atoms with Gasteiger partial charge in [0.05, 0.1) is 0 Å². The van der Waals surface area contributed by atoms with Gasteiger partial charge < -0.3 is 14.5 Å². The molecule has 0 spiro atoms. The van der Waals surface area contributed by atoms with Gasteiger partial charge in [-0.15, -0.1) is 0 Å². The van der Waals surface area contributed by atoms with Crippen molar-refractivity contribution in [2.24, 2.45) is 0 Å². The maximum atomic E-state index is 5.74. The Morgan fingerprint density at radius 1 is 1.12 bits per heavy atom. The number of rotatable bonds is 7. The second-order valence-corrected chi connectivity index (χ2v) is 6.76. The first kappa shape index (κ1) is 14.2. The number of hydrogen-bond donors (Lipinski definition) is 1. The van der Waals surface area contributed by atoms with Crippen molar-refractivity contribution < 1.29 is 9.47 Å². The summed E-state index contributed by atoms with van der Waals surface area (Å²) < 4.78 is 11.5. The van der Waals surface area contributed by atoms with E-state index >= 15 is 0 Å². The van der Waals surface area contributed by atoms with Gasteiger partial charge in [0.25, 0.3) is 0 Å². The monoisotopic (exact) mass is 245 g/mol. The first-order chi connectivity index (χ1) is 7.70. The maximum absolute atomic E-state index is 5.74. The fraction of sp³-hybridized carbons (Fsp3) is 1.00. The lowest BCUT2D eigenvalue weighted by molar-refractivity contribution is -0.164. The summed E-state index contributed by atoms with van der Waals surface area (Å²) in [6.07, 6.45) is 6.84. The minimum absolute atomic E-state index is 0.319. The lowest BCUT2D eigenvalue weighted by Gasteiger charge is -2.32. The average molecular weight is 245 g/mol. The van der Waals surface area contributed by atoms with Crippen LogP contribution in [0.2, 0.25) is 0 Å². The molecular weight excluding hydrogens is 218 g/mol. The summed E-state index contributed by atoms with van der Waals surface area (Å²) >= 11 is 0. The van der Waals surface area contributed by atoms with E-state index in [1.54, 1.807) is 0 Å². The molecule has 0 unspecified atom stereocenters. The summed E-state index contributed by atoms with van der Waals surface area (Å²) in [7, 11) is -0.532. The van der Waals surface area contributed by atoms with Gasteiger partial charge >= 0.3 is 0 Å². The van der Waals surface area contributed by atoms with Crippen molar-refractivity contribution >= 4 is 9.68 Å². The molecule has 1 saturated carbocycles. The minimum Gasteiger partial charge on any atom is -0.353 e. The van der Waals surface area contributed by atoms with E-state index in [0.29, 0.717) is 0 Å². The average Bonchev–Trinajstić information content (AvgIpc) is 2.29. The molecular formula is C12H27NO2Si. The molecule has 1 aliphatic carbocycles. The summed E-state index contributed by atoms with van der Waals surface area (Å²) in [5.41, 5.74) is -0.319. The third-order valence-electron chi connectivity index (χ3n) is 3.22. The van der Waals surface area contributed by atoms with Crippen LogP contribution in [0.25, 0.3) is 0 Å². The molecule has 0 bridgehead atoms. The van der Waals surface area contributed by atoms with Crippen LogP contribution in [0, 0.1) is 0 Å². The molecule has 0 amide bonds. The van der Waals surface area contributed by atoms with Crippen LogP contribution in [-0.4, -0.2) is 34.3 Å². The minimum atomic E-state index is -0.532. The van der Waals surface area contributed by atoms with Gasteiger partial charge in [-0.3, -0.25) is 0 Å². The molecule has 0 atom stereocenters. The Hall–Kier alpha value is 0.0969. The third kappa shape index (κ3) is 4.95. The first-order valence-corrected chi connectivity index (χ1v) is 8.13. The Labute approximate surface area is 102 Å². The third-order valence-corrected chi connectivity index (χ3v) is 5.05. The van der Waals surface area contributed by atoms with Crippen LogP contribution >= 0.6 is 0 Å². The molecule has 1 rings (SSSR count). The Morgan fingerprint density at radius 3 is 2.19 bits per heavy atom. The normalized spacial score (nSPS) is 19.7. The van der Waals surface area contributed by atoms with Gasteiger partial charge in [0.2, 0.25) is 0 Å². The SMILES string of the molecule is CCOC(C)(OCC)[SiH2]NC1CCCCC1. The van der Waals surface area contributed by atoms with E-state index < -0.39 is 9.68 Å². The zero-order valence-corrected chi connectivity index (χ0v) is 12.5. The van der Waals surface area contributed by atoms with Crippen LogP contribution < -0.4 is 4.98 Å². The second-order valence-electron chi connectivity index (χ2n) is 4.72. The highest BCUT2D eigenvalue weighted by atomic mass is 28.2. The van der Waals surface area contributed by atoms with Crippen molar-refractivity contribution in [1.29, 1.82) is 0 Å². The van der Waals surface area contributed by atoms with Crippen molar-refractivity contribution in [3.8, 4) is 0 Å². The predicted octanol–water partition coefficient (Wildman–Crippen LogP) is 1.74. The van der Waals surface area contributed by atoms with Gasteiger partial charge in [0, 0.05) is 19.3 Å². The fourth-order valence-corrected chi connectivity index (χ4v) is 4.07. The van der Waals surface area contributed by atoms with E-state index in [-0.39, 0.29) is 5.41 Å². The molecule has 0 aromatic rings. The molecule has 3 nitrogen and oxygen atoms in total. The number of nitrogens with one attached hydrogen (secondary N) is 1. The molecule has 4 heteroatoms. The van der Waals surface area contributed by atoms with E-state index in [0.717, 1.165) is 19.3 Å². The molecule has 1 aliphatic rings. The Kier molecular flexibility index (Phi) is 6.57. The Bertz CT molecular complexity index is 178. The topological polar surface area (TPSA) is 30.5 Å². The van der Waals surface area contributed by atoms with Crippen molar-refractivity contribution in [1.82, 2.24) is 4.98 Å². The zero-order chi connectivity index (χ0) is 11.9. The van der Waals surface area contributed by atoms with E-state index in [2.05, 4.69) is 11.9 Å². The summed E-state index contributed by atoms with van der Waals surface area (Å²) in [4.78, 5) is 3.72. The number of ether oxygens (including phenoxy) is 2. The Morgan fingerprint density at radius 2 is 1.69 bits per heavy atom. The molecule has 0 aromatic carbocycles. The molecule has 0 heterocycles. The van der Waals surface area contributed by atoms with Crippen LogP contribution in [0.5, 0.6) is 0 Å². The van der Waals surface area contributed by atoms with Gasteiger partial charge in [-0.2, -0.15) is 0 Å². The smallest absolute Gasteiger partial charge is 0.163 e. The molecule has 0 saturated heterocycles. The van der Waals surface area contributed by atoms with Crippen LogP contribution in [0.3, 0.4) is 0 Å². The quantitative estimate of drug-likeness (QED) is 0.547. The molecule has 0 radical (unpaired) electrons. The zero-order valence-electron chi connectivity index (χ0n) is 11.1. The lowest BCUT2D eigenvalue weighted by Crippen LogP contribution is -2.50. The van der Waals surface area contributed by atoms with Gasteiger partial charge in [-0.25, -0.2) is 0 Å². The van der Waals surface area contributed by atoms with Crippen LogP contribution in [0.1, 0.15) is 52.9 Å². The molecule has 0 aliphatic heterocycles. The highest BCUT2D eigenvalue weighted by Gasteiger charge is 2.26. The molecule has 96 valence electrons. The summed E-state index contributed by atoms with van der Waals surface area (Å²) in [5.74, 6) is 0. The Balaban J connectivity index is 2.30. The van der Waals surface area contributed by atoms with Gasteiger partial charge in [-0.05, 0) is 33.6 Å². The van der Waals surface area contributed by atoms with Crippen LogP contribution in [-0.2, 0) is 9.47 Å². The van der Waals surface area contributed by atoms with Crippen LogP contribution in [0.15, 0.2) is 0 Å². The summed E-state index contributed by atoms with van der Waals surface area (Å²) in [5, 5.41) is 0. The second kappa shape index (κ2) is 7.43. The molecule has 1 N–H and O–H groups in total. The fourth-order valence-electron chi connectivity index (χ4n) is 2.39. The highest BCUT2D eigenvalue weighted by molar-refractivity contribution is 6.35. The van der Waals surface area contributed by atoms with E-state index in [1.165, 1.54) is 32.1 Å². The van der Waals surface area contributed by atoms with Crippen LogP contribution in [0.4, 0.5) is 0 Å². The van der Waals surface area contributed by atoms with Gasteiger partial charge in [-0.1, -0.05) is 19.3 Å². The largest absolute Gasteiger partial charge is 0.353 e. The lowest BCUT2D eigenvalue weighted by atomic mass is 9.96. The summed E-state index contributed by atoms with van der Waals surface area (Å²) in [6, 6.07) is 0.723. The van der Waals surface area contributed by atoms with Crippen molar-refractivity contribution in [2.45, 2.75) is 64.3 Å². The van der Waals surface area contributed by atoms with E-state index in [9.17, 15) is 0 Å². The standard InChI is InChI=1S/C12H27NO2Si/c1-4-14-12(3,15-5-2)16-13-11-9-7-6-8-10-11/h11,13H,4-10,16H2,1-3H3. The van der Waals surface area contributed by atoms with Crippen molar-refractivity contribution in [3.63, 3.8) is 0 Å².